The zero-order valence-electron chi connectivity index (χ0n) is 24.1. The molecule has 3 aliphatic heterocycles. The average molecular weight is 637 g/mol. The van der Waals surface area contributed by atoms with Crippen molar-refractivity contribution in [2.45, 2.75) is 57.1 Å². The molecule has 3 fully saturated rings. The number of alkyl halides is 6. The minimum Gasteiger partial charge on any atom is -0.372 e. The van der Waals surface area contributed by atoms with Crippen molar-refractivity contribution in [3.8, 4) is 0 Å². The molecule has 44 heavy (non-hydrogen) atoms. The molecule has 3 aromatic rings. The molecule has 3 saturated heterocycles. The highest BCUT2D eigenvalue weighted by molar-refractivity contribution is 7.80. The number of piperidine rings is 3. The maximum absolute atomic E-state index is 13.3. The van der Waals surface area contributed by atoms with Gasteiger partial charge in [-0.2, -0.15) is 26.3 Å². The van der Waals surface area contributed by atoms with Crippen molar-refractivity contribution in [3.63, 3.8) is 0 Å². The quantitative estimate of drug-likeness (QED) is 0.106. The summed E-state index contributed by atoms with van der Waals surface area (Å²) < 4.78 is 86.5. The van der Waals surface area contributed by atoms with E-state index < -0.39 is 29.2 Å². The van der Waals surface area contributed by atoms with E-state index in [0.717, 1.165) is 55.2 Å². The third-order valence-corrected chi connectivity index (χ3v) is 8.69. The SMILES string of the molecule is C=CC1CN2CCC1CC2[C@@H](OCCCC)c1ccnc2ccc(NC(=S)Nc3cc(C(F)(F)F)cc(C(F)(F)F)c3)cc12. The van der Waals surface area contributed by atoms with Crippen molar-refractivity contribution in [3.05, 3.63) is 78.0 Å². The van der Waals surface area contributed by atoms with Gasteiger partial charge in [0.2, 0.25) is 0 Å². The van der Waals surface area contributed by atoms with Crippen LogP contribution in [0.5, 0.6) is 0 Å². The summed E-state index contributed by atoms with van der Waals surface area (Å²) in [7, 11) is 0. The molecule has 5 nitrogen and oxygen atoms in total. The first-order chi connectivity index (χ1) is 20.9. The lowest BCUT2D eigenvalue weighted by atomic mass is 9.73. The number of thiocarbonyl (C=S) groups is 1. The number of hydrogen-bond donors (Lipinski definition) is 2. The summed E-state index contributed by atoms with van der Waals surface area (Å²) in [6.45, 7) is 8.68. The van der Waals surface area contributed by atoms with E-state index in [9.17, 15) is 26.3 Å². The summed E-state index contributed by atoms with van der Waals surface area (Å²) in [6.07, 6.45) is -2.32. The van der Waals surface area contributed by atoms with Gasteiger partial charge in [-0.1, -0.05) is 19.4 Å². The summed E-state index contributed by atoms with van der Waals surface area (Å²) in [4.78, 5) is 7.01. The zero-order valence-corrected chi connectivity index (χ0v) is 25.0. The Hall–Kier alpha value is -3.22. The first-order valence-corrected chi connectivity index (χ1v) is 15.0. The average Bonchev–Trinajstić information content (AvgIpc) is 2.98. The van der Waals surface area contributed by atoms with Crippen molar-refractivity contribution >= 4 is 39.6 Å². The second-order valence-corrected chi connectivity index (χ2v) is 11.8. The molecule has 1 aromatic heterocycles. The summed E-state index contributed by atoms with van der Waals surface area (Å²) in [5, 5.41) is 6.04. The Balaban J connectivity index is 1.42. The van der Waals surface area contributed by atoms with Gasteiger partial charge in [-0.3, -0.25) is 9.88 Å². The van der Waals surface area contributed by atoms with Crippen LogP contribution in [0.2, 0.25) is 0 Å². The molecule has 2 bridgehead atoms. The van der Waals surface area contributed by atoms with E-state index in [0.29, 0.717) is 36.3 Å². The molecule has 3 aliphatic rings. The molecule has 4 unspecified atom stereocenters. The van der Waals surface area contributed by atoms with Crippen molar-refractivity contribution in [1.29, 1.82) is 0 Å². The number of ether oxygens (including phenoxy) is 1. The van der Waals surface area contributed by atoms with Crippen LogP contribution in [0.4, 0.5) is 37.7 Å². The van der Waals surface area contributed by atoms with Gasteiger partial charge in [-0.05, 0) is 97.9 Å². The third-order valence-electron chi connectivity index (χ3n) is 8.48. The van der Waals surface area contributed by atoms with E-state index in [1.54, 1.807) is 18.3 Å². The molecule has 6 rings (SSSR count). The van der Waals surface area contributed by atoms with Gasteiger partial charge in [-0.25, -0.2) is 0 Å². The van der Waals surface area contributed by atoms with Crippen molar-refractivity contribution in [2.75, 3.05) is 30.3 Å². The van der Waals surface area contributed by atoms with E-state index in [1.165, 1.54) is 0 Å². The van der Waals surface area contributed by atoms with Crippen LogP contribution in [-0.4, -0.2) is 40.7 Å². The predicted molar refractivity (Wildman–Crippen MR) is 163 cm³/mol. The van der Waals surface area contributed by atoms with Crippen LogP contribution in [0.1, 0.15) is 55.4 Å². The van der Waals surface area contributed by atoms with Gasteiger partial charge in [0.05, 0.1) is 22.7 Å². The van der Waals surface area contributed by atoms with Crippen LogP contribution in [-0.2, 0) is 17.1 Å². The number of unbranched alkanes of at least 4 members (excludes halogenated alkanes) is 1. The molecule has 4 heterocycles. The van der Waals surface area contributed by atoms with Crippen LogP contribution < -0.4 is 10.6 Å². The molecule has 0 radical (unpaired) electrons. The molecule has 2 aromatic carbocycles. The van der Waals surface area contributed by atoms with Crippen molar-refractivity contribution in [2.24, 2.45) is 11.8 Å². The molecular formula is C32H34F6N4OS. The summed E-state index contributed by atoms with van der Waals surface area (Å²) in [5.74, 6) is 1.00. The second-order valence-electron chi connectivity index (χ2n) is 11.4. The predicted octanol–water partition coefficient (Wildman–Crippen LogP) is 8.84. The monoisotopic (exact) mass is 636 g/mol. The number of aromatic nitrogens is 1. The van der Waals surface area contributed by atoms with Gasteiger partial charge in [0.25, 0.3) is 0 Å². The van der Waals surface area contributed by atoms with E-state index in [4.69, 9.17) is 17.0 Å². The molecule has 5 atom stereocenters. The topological polar surface area (TPSA) is 49.4 Å². The smallest absolute Gasteiger partial charge is 0.372 e. The largest absolute Gasteiger partial charge is 0.416 e. The number of pyridine rings is 1. The molecular weight excluding hydrogens is 602 g/mol. The number of nitrogens with zero attached hydrogens (tertiary/aromatic N) is 2. The Morgan fingerprint density at radius 2 is 1.77 bits per heavy atom. The molecule has 0 saturated carbocycles. The summed E-state index contributed by atoms with van der Waals surface area (Å²) in [6, 6.07) is 8.71. The number of nitrogens with one attached hydrogen (secondary N) is 2. The highest BCUT2D eigenvalue weighted by atomic mass is 32.1. The standard InChI is InChI=1S/C32H34F6N4OS/c1-3-5-12-43-29(28-13-20-9-11-42(28)18-19(20)4-2)25-8-10-39-27-7-6-23(17-26(25)27)40-30(44)41-24-15-21(31(33,34)35)14-22(16-24)32(36,37)38/h4,6-8,10,14-17,19-20,28-29H,2-3,5,9,11-13,18H2,1H3,(H2,40,41,44)/t19?,20?,28?,29-/m0/s1. The van der Waals surface area contributed by atoms with E-state index in [-0.39, 0.29) is 23.3 Å². The van der Waals surface area contributed by atoms with Gasteiger partial charge >= 0.3 is 12.4 Å². The molecule has 2 N–H and O–H groups in total. The summed E-state index contributed by atoms with van der Waals surface area (Å²) in [5.41, 5.74) is -1.11. The Morgan fingerprint density at radius 1 is 1.07 bits per heavy atom. The number of benzene rings is 2. The fourth-order valence-electron chi connectivity index (χ4n) is 6.27. The van der Waals surface area contributed by atoms with E-state index in [2.05, 4.69) is 40.1 Å². The van der Waals surface area contributed by atoms with Crippen LogP contribution in [0.15, 0.2) is 61.3 Å². The third kappa shape index (κ3) is 7.18. The van der Waals surface area contributed by atoms with Gasteiger partial charge in [-0.15, -0.1) is 6.58 Å². The molecule has 0 spiro atoms. The molecule has 236 valence electrons. The van der Waals surface area contributed by atoms with Gasteiger partial charge in [0.15, 0.2) is 5.11 Å². The Kier molecular flexibility index (Phi) is 9.52. The zero-order chi connectivity index (χ0) is 31.6. The van der Waals surface area contributed by atoms with Crippen LogP contribution >= 0.6 is 12.2 Å². The summed E-state index contributed by atoms with van der Waals surface area (Å²) >= 11 is 5.29. The lowest BCUT2D eigenvalue weighted by molar-refractivity contribution is -0.143. The fourth-order valence-corrected chi connectivity index (χ4v) is 6.50. The minimum absolute atomic E-state index is 0.0742. The Bertz CT molecular complexity index is 1480. The number of fused-ring (bicyclic) bond motifs is 4. The normalized spacial score (nSPS) is 22.5. The lowest BCUT2D eigenvalue weighted by Crippen LogP contribution is -2.55. The van der Waals surface area contributed by atoms with Gasteiger partial charge in [0.1, 0.15) is 0 Å². The molecule has 0 aliphatic carbocycles. The second kappa shape index (κ2) is 13.0. The first kappa shape index (κ1) is 32.2. The maximum atomic E-state index is 13.3. The highest BCUT2D eigenvalue weighted by Crippen LogP contribution is 2.44. The van der Waals surface area contributed by atoms with E-state index >= 15 is 0 Å². The van der Waals surface area contributed by atoms with E-state index in [1.807, 2.05) is 12.1 Å². The Morgan fingerprint density at radius 3 is 2.39 bits per heavy atom. The fraction of sp³-hybridized carbons (Fsp3) is 0.438. The van der Waals surface area contributed by atoms with Gasteiger partial charge < -0.3 is 15.4 Å². The minimum atomic E-state index is -4.97. The number of anilines is 2. The van der Waals surface area contributed by atoms with Crippen molar-refractivity contribution in [1.82, 2.24) is 9.88 Å². The van der Waals surface area contributed by atoms with Crippen LogP contribution in [0.25, 0.3) is 10.9 Å². The lowest BCUT2D eigenvalue weighted by Gasteiger charge is -2.51. The number of halogens is 6. The molecule has 0 amide bonds. The van der Waals surface area contributed by atoms with Crippen molar-refractivity contribution < 1.29 is 31.1 Å². The maximum Gasteiger partial charge on any atom is 0.416 e. The number of rotatable bonds is 9. The number of hydrogen-bond acceptors (Lipinski definition) is 4. The highest BCUT2D eigenvalue weighted by Gasteiger charge is 2.43. The van der Waals surface area contributed by atoms with Crippen LogP contribution in [0.3, 0.4) is 0 Å². The first-order valence-electron chi connectivity index (χ1n) is 14.6. The van der Waals surface area contributed by atoms with Crippen LogP contribution in [0, 0.1) is 11.8 Å². The van der Waals surface area contributed by atoms with Gasteiger partial charge in [0, 0.05) is 42.2 Å². The molecule has 12 heteroatoms. The Labute approximate surface area is 257 Å².